The fourth-order valence-corrected chi connectivity index (χ4v) is 4.35. The van der Waals surface area contributed by atoms with Crippen LogP contribution in [0.5, 0.6) is 0 Å². The van der Waals surface area contributed by atoms with E-state index in [1.165, 1.54) is 0 Å². The second kappa shape index (κ2) is 9.96. The maximum Gasteiger partial charge on any atom is 0.252 e. The van der Waals surface area contributed by atoms with Gasteiger partial charge in [0, 0.05) is 36.5 Å². The Morgan fingerprint density at radius 1 is 1.28 bits per heavy atom. The summed E-state index contributed by atoms with van der Waals surface area (Å²) in [5, 5.41) is 7.05. The summed E-state index contributed by atoms with van der Waals surface area (Å²) < 4.78 is 5.26. The lowest BCUT2D eigenvalue weighted by molar-refractivity contribution is -0.133. The summed E-state index contributed by atoms with van der Waals surface area (Å²) in [6.45, 7) is 7.42. The molecule has 1 fully saturated rings. The third-order valence-electron chi connectivity index (χ3n) is 4.94. The number of aromatic nitrogens is 1. The molecule has 0 atom stereocenters. The van der Waals surface area contributed by atoms with E-state index in [9.17, 15) is 9.59 Å². The van der Waals surface area contributed by atoms with Crippen molar-refractivity contribution in [3.05, 3.63) is 47.3 Å². The number of carbonyl (C=O) groups is 2. The Labute approximate surface area is 176 Å². The molecule has 2 aromatic rings. The number of amides is 2. The minimum atomic E-state index is -0.0613. The van der Waals surface area contributed by atoms with E-state index in [0.29, 0.717) is 36.7 Å². The monoisotopic (exact) mass is 415 g/mol. The number of piperidine rings is 1. The molecule has 2 heterocycles. The highest BCUT2D eigenvalue weighted by Crippen LogP contribution is 2.27. The molecule has 0 unspecified atom stereocenters. The number of likely N-dealkylation sites (tertiary alicyclic amines) is 1. The third kappa shape index (κ3) is 6.10. The van der Waals surface area contributed by atoms with Crippen LogP contribution in [0.3, 0.4) is 0 Å². The molecule has 7 heteroatoms. The number of aryl methyl sites for hydroxylation is 1. The van der Waals surface area contributed by atoms with E-state index in [-0.39, 0.29) is 17.9 Å². The number of thioether (sulfide) groups is 1. The number of carbonyl (C=O) groups excluding carboxylic acids is 2. The van der Waals surface area contributed by atoms with Gasteiger partial charge in [0.2, 0.25) is 5.91 Å². The molecule has 1 aromatic heterocycles. The molecule has 0 spiro atoms. The molecule has 1 N–H and O–H groups in total. The Hall–Kier alpha value is -2.28. The van der Waals surface area contributed by atoms with Crippen LogP contribution >= 0.6 is 11.8 Å². The summed E-state index contributed by atoms with van der Waals surface area (Å²) in [6, 6.07) is 9.62. The van der Waals surface area contributed by atoms with Crippen LogP contribution in [0.25, 0.3) is 0 Å². The molecule has 3 rings (SSSR count). The fourth-order valence-electron chi connectivity index (χ4n) is 3.43. The highest BCUT2D eigenvalue weighted by atomic mass is 32.2. The van der Waals surface area contributed by atoms with Gasteiger partial charge < -0.3 is 14.7 Å². The van der Waals surface area contributed by atoms with Crippen molar-refractivity contribution in [2.75, 3.05) is 13.1 Å². The van der Waals surface area contributed by atoms with Crippen LogP contribution in [0.1, 0.15) is 54.9 Å². The van der Waals surface area contributed by atoms with Crippen LogP contribution in [0.15, 0.2) is 39.8 Å². The Bertz CT molecular complexity index is 841. The Morgan fingerprint density at radius 3 is 2.66 bits per heavy atom. The highest BCUT2D eigenvalue weighted by Gasteiger charge is 2.25. The van der Waals surface area contributed by atoms with Crippen molar-refractivity contribution in [3.8, 4) is 0 Å². The largest absolute Gasteiger partial charge is 0.360 e. The van der Waals surface area contributed by atoms with E-state index < -0.39 is 0 Å². The SMILES string of the molecule is Cc1cc(CSc2ccccc2C(=O)NC2CCN(C(=O)CC(C)C)CC2)on1. The van der Waals surface area contributed by atoms with E-state index >= 15 is 0 Å². The zero-order valence-corrected chi connectivity index (χ0v) is 18.1. The molecule has 0 aliphatic carbocycles. The lowest BCUT2D eigenvalue weighted by Gasteiger charge is -2.33. The van der Waals surface area contributed by atoms with Crippen molar-refractivity contribution in [3.63, 3.8) is 0 Å². The van der Waals surface area contributed by atoms with Gasteiger partial charge >= 0.3 is 0 Å². The molecule has 1 aliphatic heterocycles. The van der Waals surface area contributed by atoms with Crippen molar-refractivity contribution in [1.82, 2.24) is 15.4 Å². The standard InChI is InChI=1S/C22H29N3O3S/c1-15(2)12-21(26)25-10-8-17(9-11-25)23-22(27)19-6-4-5-7-20(19)29-14-18-13-16(3)24-28-18/h4-7,13,15,17H,8-12,14H2,1-3H3,(H,23,27). The quantitative estimate of drug-likeness (QED) is 0.691. The normalized spacial score (nSPS) is 15.0. The van der Waals surface area contributed by atoms with Gasteiger partial charge in [-0.15, -0.1) is 11.8 Å². The van der Waals surface area contributed by atoms with Crippen molar-refractivity contribution in [2.45, 2.75) is 56.7 Å². The smallest absolute Gasteiger partial charge is 0.252 e. The minimum absolute atomic E-state index is 0.0613. The van der Waals surface area contributed by atoms with Crippen LogP contribution in [-0.2, 0) is 10.5 Å². The van der Waals surface area contributed by atoms with Crippen LogP contribution < -0.4 is 5.32 Å². The van der Waals surface area contributed by atoms with Gasteiger partial charge in [-0.1, -0.05) is 31.1 Å². The molecular formula is C22H29N3O3S. The average Bonchev–Trinajstić information content (AvgIpc) is 3.12. The molecule has 0 radical (unpaired) electrons. The molecule has 1 aromatic carbocycles. The fraction of sp³-hybridized carbons (Fsp3) is 0.500. The number of hydrogen-bond acceptors (Lipinski definition) is 5. The Kier molecular flexibility index (Phi) is 7.36. The zero-order chi connectivity index (χ0) is 20.8. The summed E-state index contributed by atoms with van der Waals surface area (Å²) in [5.41, 5.74) is 1.52. The molecule has 0 saturated carbocycles. The third-order valence-corrected chi connectivity index (χ3v) is 6.04. The summed E-state index contributed by atoms with van der Waals surface area (Å²) in [4.78, 5) is 27.9. The van der Waals surface area contributed by atoms with Gasteiger partial charge in [0.1, 0.15) is 5.76 Å². The van der Waals surface area contributed by atoms with Crippen LogP contribution in [0, 0.1) is 12.8 Å². The van der Waals surface area contributed by atoms with Gasteiger partial charge in [-0.05, 0) is 37.8 Å². The van der Waals surface area contributed by atoms with E-state index in [1.54, 1.807) is 11.8 Å². The van der Waals surface area contributed by atoms with E-state index in [4.69, 9.17) is 4.52 Å². The number of nitrogens with zero attached hydrogens (tertiary/aromatic N) is 2. The average molecular weight is 416 g/mol. The predicted molar refractivity (Wildman–Crippen MR) is 114 cm³/mol. The predicted octanol–water partition coefficient (Wildman–Crippen LogP) is 4.04. The molecule has 1 saturated heterocycles. The first kappa shape index (κ1) is 21.4. The number of hydrogen-bond donors (Lipinski definition) is 1. The first-order valence-electron chi connectivity index (χ1n) is 10.1. The summed E-state index contributed by atoms with van der Waals surface area (Å²) in [5.74, 6) is 1.94. The van der Waals surface area contributed by atoms with E-state index in [1.807, 2.05) is 42.2 Å². The van der Waals surface area contributed by atoms with Gasteiger partial charge in [-0.25, -0.2) is 0 Å². The summed E-state index contributed by atoms with van der Waals surface area (Å²) in [7, 11) is 0. The maximum atomic E-state index is 12.9. The molecule has 6 nitrogen and oxygen atoms in total. The van der Waals surface area contributed by atoms with Crippen molar-refractivity contribution in [2.24, 2.45) is 5.92 Å². The van der Waals surface area contributed by atoms with Gasteiger partial charge in [0.05, 0.1) is 17.0 Å². The number of nitrogens with one attached hydrogen (secondary N) is 1. The minimum Gasteiger partial charge on any atom is -0.360 e. The van der Waals surface area contributed by atoms with Crippen LogP contribution in [0.4, 0.5) is 0 Å². The van der Waals surface area contributed by atoms with E-state index in [2.05, 4.69) is 24.3 Å². The van der Waals surface area contributed by atoms with E-state index in [0.717, 1.165) is 29.2 Å². The summed E-state index contributed by atoms with van der Waals surface area (Å²) in [6.07, 6.45) is 2.18. The topological polar surface area (TPSA) is 75.4 Å². The molecule has 29 heavy (non-hydrogen) atoms. The molecule has 1 aliphatic rings. The van der Waals surface area contributed by atoms with Gasteiger partial charge in [0.25, 0.3) is 5.91 Å². The lowest BCUT2D eigenvalue weighted by Crippen LogP contribution is -2.46. The second-order valence-electron chi connectivity index (χ2n) is 7.95. The zero-order valence-electron chi connectivity index (χ0n) is 17.3. The first-order chi connectivity index (χ1) is 13.9. The maximum absolute atomic E-state index is 12.9. The molecular weight excluding hydrogens is 386 g/mol. The molecule has 2 amide bonds. The molecule has 156 valence electrons. The number of rotatable bonds is 7. The highest BCUT2D eigenvalue weighted by molar-refractivity contribution is 7.98. The summed E-state index contributed by atoms with van der Waals surface area (Å²) >= 11 is 1.57. The van der Waals surface area contributed by atoms with Gasteiger partial charge in [-0.2, -0.15) is 0 Å². The van der Waals surface area contributed by atoms with Crippen molar-refractivity contribution < 1.29 is 14.1 Å². The van der Waals surface area contributed by atoms with Crippen LogP contribution in [0.2, 0.25) is 0 Å². The first-order valence-corrected chi connectivity index (χ1v) is 11.1. The number of benzene rings is 1. The van der Waals surface area contributed by atoms with Crippen molar-refractivity contribution in [1.29, 1.82) is 0 Å². The second-order valence-corrected chi connectivity index (χ2v) is 8.96. The Balaban J connectivity index is 1.54. The lowest BCUT2D eigenvalue weighted by atomic mass is 10.0. The van der Waals surface area contributed by atoms with Crippen molar-refractivity contribution >= 4 is 23.6 Å². The molecule has 0 bridgehead atoms. The van der Waals surface area contributed by atoms with Gasteiger partial charge in [0.15, 0.2) is 0 Å². The van der Waals surface area contributed by atoms with Gasteiger partial charge in [-0.3, -0.25) is 9.59 Å². The Morgan fingerprint density at radius 2 is 2.00 bits per heavy atom. The van der Waals surface area contributed by atoms with Crippen LogP contribution in [-0.4, -0.2) is 41.0 Å².